The number of hydrogen-bond acceptors (Lipinski definition) is 4. The average molecular weight is 415 g/mol. The van der Waals surface area contributed by atoms with Crippen molar-refractivity contribution in [1.82, 2.24) is 9.97 Å². The van der Waals surface area contributed by atoms with Crippen LogP contribution < -0.4 is 11.1 Å². The van der Waals surface area contributed by atoms with Crippen LogP contribution in [0.1, 0.15) is 49.8 Å². The Morgan fingerprint density at radius 1 is 0.968 bits per heavy atom. The van der Waals surface area contributed by atoms with E-state index in [1.54, 1.807) is 6.20 Å². The summed E-state index contributed by atoms with van der Waals surface area (Å²) in [6.45, 7) is 0. The van der Waals surface area contributed by atoms with Crippen molar-refractivity contribution in [3.8, 4) is 11.3 Å². The lowest BCUT2D eigenvalue weighted by atomic mass is 9.87. The molecule has 2 aromatic carbocycles. The van der Waals surface area contributed by atoms with Crippen molar-refractivity contribution in [3.05, 3.63) is 72.1 Å². The molecule has 3 aromatic rings. The topological polar surface area (TPSA) is 80.9 Å². The summed E-state index contributed by atoms with van der Waals surface area (Å²) >= 11 is 0. The number of rotatable bonds is 7. The zero-order valence-corrected chi connectivity index (χ0v) is 17.9. The second-order valence-electron chi connectivity index (χ2n) is 8.41. The summed E-state index contributed by atoms with van der Waals surface area (Å²) in [6.07, 6.45) is 9.90. The van der Waals surface area contributed by atoms with E-state index in [2.05, 4.69) is 22.4 Å². The van der Waals surface area contributed by atoms with Crippen LogP contribution in [-0.4, -0.2) is 15.9 Å². The van der Waals surface area contributed by atoms with Crippen LogP contribution in [0.4, 0.5) is 11.5 Å². The van der Waals surface area contributed by atoms with Crippen molar-refractivity contribution in [2.45, 2.75) is 51.4 Å². The Balaban J connectivity index is 1.53. The number of nitrogens with zero attached hydrogens (tertiary/aromatic N) is 2. The van der Waals surface area contributed by atoms with E-state index in [1.165, 1.54) is 24.8 Å². The summed E-state index contributed by atoms with van der Waals surface area (Å²) in [5.74, 6) is 1.11. The molecule has 0 saturated heterocycles. The summed E-state index contributed by atoms with van der Waals surface area (Å²) in [7, 11) is 0. The number of nitrogen functional groups attached to an aromatic ring is 1. The van der Waals surface area contributed by atoms with Crippen LogP contribution in [0.5, 0.6) is 0 Å². The third kappa shape index (κ3) is 5.91. The number of aromatic nitrogens is 2. The number of carbonyl (C=O) groups excluding carboxylic acids is 1. The molecule has 0 spiro atoms. The van der Waals surface area contributed by atoms with E-state index in [9.17, 15) is 4.79 Å². The van der Waals surface area contributed by atoms with Crippen molar-refractivity contribution >= 4 is 17.4 Å². The largest absolute Gasteiger partial charge is 0.399 e. The molecule has 4 rings (SSSR count). The summed E-state index contributed by atoms with van der Waals surface area (Å²) < 4.78 is 0. The fraction of sp³-hybridized carbons (Fsp3) is 0.346. The molecule has 1 saturated carbocycles. The molecule has 0 aliphatic heterocycles. The van der Waals surface area contributed by atoms with E-state index in [4.69, 9.17) is 10.7 Å². The summed E-state index contributed by atoms with van der Waals surface area (Å²) in [5, 5.41) is 3.05. The highest BCUT2D eigenvalue weighted by molar-refractivity contribution is 5.90. The van der Waals surface area contributed by atoms with Crippen molar-refractivity contribution in [1.29, 1.82) is 0 Å². The van der Waals surface area contributed by atoms with Crippen LogP contribution in [0, 0.1) is 5.92 Å². The van der Waals surface area contributed by atoms with Gasteiger partial charge in [0, 0.05) is 17.7 Å². The van der Waals surface area contributed by atoms with Gasteiger partial charge in [-0.15, -0.1) is 0 Å². The SMILES string of the molecule is Nc1ccc(-c2cnc(NC(=O)CC3CCCCC3)c(CCc3ccccc3)n2)cc1. The Morgan fingerprint density at radius 3 is 2.45 bits per heavy atom. The number of nitrogens with two attached hydrogens (primary N) is 1. The van der Waals surface area contributed by atoms with Gasteiger partial charge in [0.15, 0.2) is 5.82 Å². The van der Waals surface area contributed by atoms with Gasteiger partial charge < -0.3 is 11.1 Å². The molecule has 0 unspecified atom stereocenters. The molecule has 0 radical (unpaired) electrons. The Morgan fingerprint density at radius 2 is 1.71 bits per heavy atom. The average Bonchev–Trinajstić information content (AvgIpc) is 2.80. The van der Waals surface area contributed by atoms with Gasteiger partial charge in [-0.05, 0) is 49.3 Å². The molecule has 5 nitrogen and oxygen atoms in total. The highest BCUT2D eigenvalue weighted by Gasteiger charge is 2.19. The van der Waals surface area contributed by atoms with E-state index >= 15 is 0 Å². The third-order valence-corrected chi connectivity index (χ3v) is 6.00. The Hall–Kier alpha value is -3.21. The zero-order chi connectivity index (χ0) is 21.5. The molecule has 1 fully saturated rings. The summed E-state index contributed by atoms with van der Waals surface area (Å²) in [5.41, 5.74) is 10.3. The maximum absolute atomic E-state index is 12.7. The molecule has 1 amide bonds. The number of carbonyl (C=O) groups is 1. The molecular formula is C26H30N4O. The van der Waals surface area contributed by atoms with Gasteiger partial charge in [0.2, 0.25) is 5.91 Å². The van der Waals surface area contributed by atoms with Crippen LogP contribution in [0.25, 0.3) is 11.3 Å². The normalized spacial score (nSPS) is 14.3. The molecule has 3 N–H and O–H groups in total. The number of anilines is 2. The van der Waals surface area contributed by atoms with Gasteiger partial charge in [-0.25, -0.2) is 9.97 Å². The van der Waals surface area contributed by atoms with Crippen molar-refractivity contribution < 1.29 is 4.79 Å². The number of nitrogens with one attached hydrogen (secondary N) is 1. The van der Waals surface area contributed by atoms with E-state index in [1.807, 2.05) is 42.5 Å². The van der Waals surface area contributed by atoms with E-state index in [0.717, 1.165) is 36.2 Å². The molecular weight excluding hydrogens is 384 g/mol. The lowest BCUT2D eigenvalue weighted by Gasteiger charge is -2.21. The molecule has 5 heteroatoms. The summed E-state index contributed by atoms with van der Waals surface area (Å²) in [4.78, 5) is 22.2. The van der Waals surface area contributed by atoms with Crippen LogP contribution in [0.3, 0.4) is 0 Å². The van der Waals surface area contributed by atoms with Crippen LogP contribution in [0.15, 0.2) is 60.8 Å². The van der Waals surface area contributed by atoms with Gasteiger partial charge in [-0.3, -0.25) is 4.79 Å². The second kappa shape index (κ2) is 10.2. The van der Waals surface area contributed by atoms with Gasteiger partial charge in [-0.1, -0.05) is 61.7 Å². The van der Waals surface area contributed by atoms with Gasteiger partial charge in [0.05, 0.1) is 17.6 Å². The Kier molecular flexibility index (Phi) is 6.92. The fourth-order valence-electron chi connectivity index (χ4n) is 4.24. The monoisotopic (exact) mass is 414 g/mol. The minimum absolute atomic E-state index is 0.0439. The zero-order valence-electron chi connectivity index (χ0n) is 17.9. The van der Waals surface area contributed by atoms with Gasteiger partial charge >= 0.3 is 0 Å². The molecule has 1 aromatic heterocycles. The van der Waals surface area contributed by atoms with Crippen molar-refractivity contribution in [2.75, 3.05) is 11.1 Å². The van der Waals surface area contributed by atoms with Gasteiger partial charge in [-0.2, -0.15) is 0 Å². The standard InChI is InChI=1S/C26H30N4O/c27-22-14-12-21(13-15-22)24-18-28-26(30-25(31)17-20-9-5-2-6-10-20)23(29-24)16-11-19-7-3-1-4-8-19/h1,3-4,7-8,12-15,18,20H,2,5-6,9-11,16-17,27H2,(H,28,30,31). The number of aryl methyl sites for hydroxylation is 2. The third-order valence-electron chi connectivity index (χ3n) is 6.00. The van der Waals surface area contributed by atoms with Crippen molar-refractivity contribution in [2.24, 2.45) is 5.92 Å². The first-order valence-corrected chi connectivity index (χ1v) is 11.2. The van der Waals surface area contributed by atoms with E-state index in [0.29, 0.717) is 30.3 Å². The molecule has 1 heterocycles. The smallest absolute Gasteiger partial charge is 0.225 e. The lowest BCUT2D eigenvalue weighted by molar-refractivity contribution is -0.117. The number of hydrogen-bond donors (Lipinski definition) is 2. The van der Waals surface area contributed by atoms with Gasteiger partial charge in [0.25, 0.3) is 0 Å². The maximum Gasteiger partial charge on any atom is 0.225 e. The fourth-order valence-corrected chi connectivity index (χ4v) is 4.24. The first-order chi connectivity index (χ1) is 15.2. The predicted octanol–water partition coefficient (Wildman–Crippen LogP) is 5.42. The van der Waals surface area contributed by atoms with Crippen molar-refractivity contribution in [3.63, 3.8) is 0 Å². The molecule has 0 bridgehead atoms. The second-order valence-corrected chi connectivity index (χ2v) is 8.41. The first kappa shape index (κ1) is 21.0. The molecule has 1 aliphatic carbocycles. The Bertz CT molecular complexity index is 996. The molecule has 31 heavy (non-hydrogen) atoms. The van der Waals surface area contributed by atoms with Gasteiger partial charge in [0.1, 0.15) is 0 Å². The first-order valence-electron chi connectivity index (χ1n) is 11.2. The highest BCUT2D eigenvalue weighted by Crippen LogP contribution is 2.27. The lowest BCUT2D eigenvalue weighted by Crippen LogP contribution is -2.20. The predicted molar refractivity (Wildman–Crippen MR) is 126 cm³/mol. The number of benzene rings is 2. The van der Waals surface area contributed by atoms with Crippen LogP contribution in [0.2, 0.25) is 0 Å². The molecule has 0 atom stereocenters. The summed E-state index contributed by atoms with van der Waals surface area (Å²) in [6, 6.07) is 17.9. The van der Waals surface area contributed by atoms with E-state index < -0.39 is 0 Å². The molecule has 1 aliphatic rings. The van der Waals surface area contributed by atoms with Crippen LogP contribution in [-0.2, 0) is 17.6 Å². The molecule has 160 valence electrons. The minimum atomic E-state index is 0.0439. The quantitative estimate of drug-likeness (QED) is 0.506. The highest BCUT2D eigenvalue weighted by atomic mass is 16.1. The van der Waals surface area contributed by atoms with Crippen LogP contribution >= 0.6 is 0 Å². The number of amides is 1. The maximum atomic E-state index is 12.7. The van der Waals surface area contributed by atoms with E-state index in [-0.39, 0.29) is 5.91 Å². The Labute approximate surface area is 184 Å². The minimum Gasteiger partial charge on any atom is -0.399 e.